The van der Waals surface area contributed by atoms with Gasteiger partial charge in [-0.1, -0.05) is 141 Å². The number of rotatable bonds is 24. The fraction of sp³-hybridized carbons (Fsp3) is 0.767. The molecule has 1 aromatic rings. The van der Waals surface area contributed by atoms with Crippen molar-refractivity contribution in [3.8, 4) is 5.75 Å². The van der Waals surface area contributed by atoms with Crippen LogP contribution in [0.15, 0.2) is 24.3 Å². The first-order valence-corrected chi connectivity index (χ1v) is 14.3. The van der Waals surface area contributed by atoms with Gasteiger partial charge in [-0.05, 0) is 24.1 Å². The van der Waals surface area contributed by atoms with Crippen molar-refractivity contribution in [3.05, 3.63) is 29.8 Å². The lowest BCUT2D eigenvalue weighted by Gasteiger charge is -2.09. The first-order chi connectivity index (χ1) is 16.6. The smallest absolute Gasteiger partial charge is 0.337 e. The largest absolute Gasteiger partial charge is 0.494 e. The third-order valence-corrected chi connectivity index (χ3v) is 6.70. The maximum atomic E-state index is 10.8. The number of carboxylic acid groups (broad SMARTS) is 1. The number of aliphatic hydroxyl groups excluding tert-OH is 1. The van der Waals surface area contributed by atoms with Crippen molar-refractivity contribution in [2.75, 3.05) is 6.61 Å². The molecule has 196 valence electrons. The molecular weight excluding hydrogens is 424 g/mol. The van der Waals surface area contributed by atoms with Crippen LogP contribution >= 0.6 is 0 Å². The highest BCUT2D eigenvalue weighted by atomic mass is 16.5. The van der Waals surface area contributed by atoms with Gasteiger partial charge >= 0.3 is 5.97 Å². The highest BCUT2D eigenvalue weighted by Gasteiger charge is 2.15. The van der Waals surface area contributed by atoms with E-state index in [1.807, 2.05) is 0 Å². The number of ether oxygens (including phenoxy) is 1. The average molecular weight is 477 g/mol. The summed E-state index contributed by atoms with van der Waals surface area (Å²) in [6.45, 7) is 2.97. The van der Waals surface area contributed by atoms with Crippen LogP contribution in [-0.2, 0) is 4.79 Å². The molecule has 0 aliphatic carbocycles. The molecule has 4 heteroatoms. The molecule has 0 fully saturated rings. The summed E-state index contributed by atoms with van der Waals surface area (Å²) in [5, 5.41) is 18.3. The van der Waals surface area contributed by atoms with Gasteiger partial charge < -0.3 is 14.9 Å². The van der Waals surface area contributed by atoms with Crippen LogP contribution in [0.3, 0.4) is 0 Å². The lowest BCUT2D eigenvalue weighted by Crippen LogP contribution is -2.10. The molecule has 1 aromatic carbocycles. The Morgan fingerprint density at radius 1 is 0.647 bits per heavy atom. The van der Waals surface area contributed by atoms with E-state index in [9.17, 15) is 9.90 Å². The summed E-state index contributed by atoms with van der Waals surface area (Å²) in [6.07, 6.45) is 26.1. The van der Waals surface area contributed by atoms with Gasteiger partial charge in [-0.25, -0.2) is 4.79 Å². The molecule has 0 aromatic heterocycles. The van der Waals surface area contributed by atoms with E-state index in [0.29, 0.717) is 12.2 Å². The summed E-state index contributed by atoms with van der Waals surface area (Å²) in [6, 6.07) is 6.65. The minimum Gasteiger partial charge on any atom is -0.494 e. The molecule has 0 amide bonds. The number of unbranched alkanes of at least 4 members (excludes halogenated alkanes) is 19. The molecule has 0 saturated carbocycles. The van der Waals surface area contributed by atoms with Crippen LogP contribution in [0.25, 0.3) is 0 Å². The number of benzene rings is 1. The third-order valence-electron chi connectivity index (χ3n) is 6.70. The summed E-state index contributed by atoms with van der Waals surface area (Å²) < 4.78 is 5.71. The van der Waals surface area contributed by atoms with E-state index < -0.39 is 12.1 Å². The molecular formula is C30H52O4. The van der Waals surface area contributed by atoms with E-state index in [-0.39, 0.29) is 0 Å². The molecule has 0 aliphatic heterocycles. The van der Waals surface area contributed by atoms with Crippen LogP contribution in [0.4, 0.5) is 0 Å². The number of carboxylic acids is 1. The lowest BCUT2D eigenvalue weighted by atomic mass is 10.0. The van der Waals surface area contributed by atoms with E-state index in [1.54, 1.807) is 24.3 Å². The van der Waals surface area contributed by atoms with Crippen molar-refractivity contribution in [2.45, 2.75) is 141 Å². The summed E-state index contributed by atoms with van der Waals surface area (Å²) in [4.78, 5) is 10.8. The Morgan fingerprint density at radius 2 is 1.00 bits per heavy atom. The molecule has 1 atom stereocenters. The minimum absolute atomic E-state index is 0.374. The fourth-order valence-electron chi connectivity index (χ4n) is 4.44. The summed E-state index contributed by atoms with van der Waals surface area (Å²) in [5.74, 6) is -0.517. The van der Waals surface area contributed by atoms with Gasteiger partial charge in [-0.15, -0.1) is 0 Å². The molecule has 0 radical (unpaired) electrons. The zero-order chi connectivity index (χ0) is 24.7. The van der Waals surface area contributed by atoms with Crippen LogP contribution in [0.1, 0.15) is 147 Å². The third kappa shape index (κ3) is 17.0. The molecule has 0 heterocycles. The van der Waals surface area contributed by atoms with Gasteiger partial charge in [0.25, 0.3) is 0 Å². The highest BCUT2D eigenvalue weighted by Crippen LogP contribution is 2.19. The zero-order valence-corrected chi connectivity index (χ0v) is 21.9. The number of hydrogen-bond acceptors (Lipinski definition) is 3. The average Bonchev–Trinajstić information content (AvgIpc) is 2.85. The topological polar surface area (TPSA) is 66.8 Å². The maximum Gasteiger partial charge on any atom is 0.337 e. The van der Waals surface area contributed by atoms with Crippen molar-refractivity contribution in [1.29, 1.82) is 0 Å². The molecule has 0 aliphatic rings. The molecule has 0 spiro atoms. The van der Waals surface area contributed by atoms with Crippen LogP contribution < -0.4 is 4.74 Å². The Morgan fingerprint density at radius 3 is 1.35 bits per heavy atom. The molecule has 0 bridgehead atoms. The van der Waals surface area contributed by atoms with E-state index in [0.717, 1.165) is 12.2 Å². The van der Waals surface area contributed by atoms with Crippen LogP contribution in [0, 0.1) is 0 Å². The van der Waals surface area contributed by atoms with Crippen LogP contribution in [-0.4, -0.2) is 22.8 Å². The predicted octanol–water partition coefficient (Wildman–Crippen LogP) is 9.01. The Kier molecular flexibility index (Phi) is 19.7. The minimum atomic E-state index is -1.47. The van der Waals surface area contributed by atoms with Gasteiger partial charge in [-0.2, -0.15) is 0 Å². The summed E-state index contributed by atoms with van der Waals surface area (Å²) >= 11 is 0. The standard InChI is InChI=1S/C30H52O4/c1-2-3-4-5-6-7-8-9-10-11-12-13-14-15-16-17-18-19-20-21-26-34-28-24-22-27(23-25-28)29(31)30(32)33/h22-25,29,31H,2-21,26H2,1H3,(H,32,33). The molecule has 1 rings (SSSR count). The SMILES string of the molecule is CCCCCCCCCCCCCCCCCCCCCCOc1ccc(C(O)C(=O)O)cc1. The first-order valence-electron chi connectivity index (χ1n) is 14.3. The Balaban J connectivity index is 1.78. The van der Waals surface area contributed by atoms with Gasteiger partial charge in [0.15, 0.2) is 6.10 Å². The van der Waals surface area contributed by atoms with E-state index in [2.05, 4.69) is 6.92 Å². The predicted molar refractivity (Wildman–Crippen MR) is 143 cm³/mol. The second-order valence-electron chi connectivity index (χ2n) is 9.88. The fourth-order valence-corrected chi connectivity index (χ4v) is 4.44. The lowest BCUT2D eigenvalue weighted by molar-refractivity contribution is -0.146. The normalized spacial score (nSPS) is 12.1. The Hall–Kier alpha value is -1.55. The van der Waals surface area contributed by atoms with Gasteiger partial charge in [0, 0.05) is 0 Å². The molecule has 34 heavy (non-hydrogen) atoms. The zero-order valence-electron chi connectivity index (χ0n) is 21.9. The number of aliphatic carboxylic acids is 1. The van der Waals surface area contributed by atoms with Gasteiger partial charge in [0.2, 0.25) is 0 Å². The van der Waals surface area contributed by atoms with E-state index >= 15 is 0 Å². The van der Waals surface area contributed by atoms with Crippen molar-refractivity contribution in [1.82, 2.24) is 0 Å². The van der Waals surface area contributed by atoms with Gasteiger partial charge in [0.1, 0.15) is 5.75 Å². The Labute approximate surface area is 209 Å². The van der Waals surface area contributed by atoms with Crippen molar-refractivity contribution in [3.63, 3.8) is 0 Å². The van der Waals surface area contributed by atoms with Crippen molar-refractivity contribution < 1.29 is 19.7 Å². The highest BCUT2D eigenvalue weighted by molar-refractivity contribution is 5.74. The molecule has 4 nitrogen and oxygen atoms in total. The van der Waals surface area contributed by atoms with Crippen molar-refractivity contribution in [2.24, 2.45) is 0 Å². The number of aliphatic hydroxyl groups is 1. The quantitative estimate of drug-likeness (QED) is 0.146. The number of hydrogen-bond donors (Lipinski definition) is 2. The van der Waals surface area contributed by atoms with E-state index in [1.165, 1.54) is 122 Å². The molecule has 2 N–H and O–H groups in total. The van der Waals surface area contributed by atoms with Gasteiger partial charge in [0.05, 0.1) is 6.61 Å². The maximum absolute atomic E-state index is 10.8. The first kappa shape index (κ1) is 30.5. The second-order valence-corrected chi connectivity index (χ2v) is 9.88. The van der Waals surface area contributed by atoms with Crippen molar-refractivity contribution >= 4 is 5.97 Å². The number of carbonyl (C=O) groups is 1. The molecule has 0 saturated heterocycles. The summed E-state index contributed by atoms with van der Waals surface area (Å²) in [5.41, 5.74) is 0.374. The molecule has 1 unspecified atom stereocenters. The van der Waals surface area contributed by atoms with Gasteiger partial charge in [-0.3, -0.25) is 0 Å². The summed E-state index contributed by atoms with van der Waals surface area (Å²) in [7, 11) is 0. The monoisotopic (exact) mass is 476 g/mol. The van der Waals surface area contributed by atoms with Crippen LogP contribution in [0.2, 0.25) is 0 Å². The van der Waals surface area contributed by atoms with E-state index in [4.69, 9.17) is 9.84 Å². The Bertz CT molecular complexity index is 584. The second kappa shape index (κ2) is 21.9. The van der Waals surface area contributed by atoms with Crippen LogP contribution in [0.5, 0.6) is 5.75 Å².